The maximum Gasteiger partial charge on any atom is 0.305 e. The van der Waals surface area contributed by atoms with Crippen LogP contribution < -0.4 is 0 Å². The van der Waals surface area contributed by atoms with Crippen molar-refractivity contribution in [3.63, 3.8) is 0 Å². The lowest BCUT2D eigenvalue weighted by Gasteiger charge is -2.31. The average molecular weight is 298 g/mol. The Morgan fingerprint density at radius 2 is 1.55 bits per heavy atom. The van der Waals surface area contributed by atoms with Crippen molar-refractivity contribution in [2.45, 2.75) is 32.1 Å². The van der Waals surface area contributed by atoms with Crippen molar-refractivity contribution in [1.29, 1.82) is 0 Å². The molecule has 0 aliphatic heterocycles. The van der Waals surface area contributed by atoms with Gasteiger partial charge in [-0.3, -0.25) is 4.79 Å². The second-order valence-corrected chi connectivity index (χ2v) is 5.82. The maximum absolute atomic E-state index is 11.6. The summed E-state index contributed by atoms with van der Waals surface area (Å²) >= 11 is 0. The summed E-state index contributed by atoms with van der Waals surface area (Å²) in [5.41, 5.74) is 3.10. The molecule has 2 aromatic rings. The van der Waals surface area contributed by atoms with Gasteiger partial charge in [-0.15, -0.1) is 0 Å². The molecule has 2 rings (SSSR count). The summed E-state index contributed by atoms with van der Waals surface area (Å²) in [7, 11) is 1.41. The molecule has 1 atom stereocenters. The normalized spacial score (nSPS) is 13.4. The molecule has 0 bridgehead atoms. The number of aryl methyl sites for hydroxylation is 1. The van der Waals surface area contributed by atoms with E-state index in [9.17, 15) is 9.90 Å². The summed E-state index contributed by atoms with van der Waals surface area (Å²) in [5, 5.41) is 9.51. The van der Waals surface area contributed by atoms with Gasteiger partial charge in [-0.25, -0.2) is 0 Å². The van der Waals surface area contributed by atoms with Gasteiger partial charge in [0.05, 0.1) is 7.11 Å². The molecule has 2 aromatic carbocycles. The van der Waals surface area contributed by atoms with Gasteiger partial charge in [0.25, 0.3) is 0 Å². The second-order valence-electron chi connectivity index (χ2n) is 5.82. The second kappa shape index (κ2) is 6.65. The third-order valence-corrected chi connectivity index (χ3v) is 4.25. The highest BCUT2D eigenvalue weighted by Gasteiger charge is 2.29. The summed E-state index contributed by atoms with van der Waals surface area (Å²) < 4.78 is 4.78. The summed E-state index contributed by atoms with van der Waals surface area (Å²) in [6.07, 6.45) is 0.995. The fourth-order valence-electron chi connectivity index (χ4n) is 2.66. The van der Waals surface area contributed by atoms with Crippen LogP contribution in [-0.2, 0) is 14.9 Å². The van der Waals surface area contributed by atoms with E-state index in [1.165, 1.54) is 12.7 Å². The standard InChI is InChI=1S/C19H22O3/c1-14-4-6-15(7-5-14)19(2,13-12-18(21)22-3)16-8-10-17(20)11-9-16/h4-11,20H,12-13H2,1-3H3. The van der Waals surface area contributed by atoms with E-state index in [1.54, 1.807) is 12.1 Å². The monoisotopic (exact) mass is 298 g/mol. The lowest BCUT2D eigenvalue weighted by atomic mass is 9.73. The van der Waals surface area contributed by atoms with Gasteiger partial charge in [0.2, 0.25) is 0 Å². The van der Waals surface area contributed by atoms with Gasteiger partial charge >= 0.3 is 5.97 Å². The molecule has 0 aromatic heterocycles. The Morgan fingerprint density at radius 3 is 2.05 bits per heavy atom. The topological polar surface area (TPSA) is 46.5 Å². The highest BCUT2D eigenvalue weighted by atomic mass is 16.5. The third-order valence-electron chi connectivity index (χ3n) is 4.25. The predicted octanol–water partition coefficient (Wildman–Crippen LogP) is 3.96. The van der Waals surface area contributed by atoms with E-state index in [1.807, 2.05) is 12.1 Å². The SMILES string of the molecule is COC(=O)CCC(C)(c1ccc(C)cc1)c1ccc(O)cc1. The van der Waals surface area contributed by atoms with E-state index in [4.69, 9.17) is 4.74 Å². The summed E-state index contributed by atoms with van der Waals surface area (Å²) in [6.45, 7) is 4.17. The van der Waals surface area contributed by atoms with Gasteiger partial charge in [-0.05, 0) is 36.6 Å². The smallest absolute Gasteiger partial charge is 0.305 e. The molecular formula is C19H22O3. The van der Waals surface area contributed by atoms with E-state index in [-0.39, 0.29) is 17.1 Å². The molecule has 3 nitrogen and oxygen atoms in total. The number of carbonyl (C=O) groups is 1. The first-order chi connectivity index (χ1) is 10.5. The molecule has 0 saturated heterocycles. The highest BCUT2D eigenvalue weighted by Crippen LogP contribution is 2.37. The lowest BCUT2D eigenvalue weighted by Crippen LogP contribution is -2.25. The molecule has 0 spiro atoms. The Bertz CT molecular complexity index is 581. The predicted molar refractivity (Wildman–Crippen MR) is 87.0 cm³/mol. The van der Waals surface area contributed by atoms with Crippen LogP contribution in [0, 0.1) is 6.92 Å². The quantitative estimate of drug-likeness (QED) is 0.850. The fourth-order valence-corrected chi connectivity index (χ4v) is 2.66. The van der Waals surface area contributed by atoms with E-state index in [0.29, 0.717) is 12.8 Å². The molecular weight excluding hydrogens is 276 g/mol. The van der Waals surface area contributed by atoms with Crippen molar-refractivity contribution in [2.24, 2.45) is 0 Å². The first-order valence-electron chi connectivity index (χ1n) is 7.39. The lowest BCUT2D eigenvalue weighted by molar-refractivity contribution is -0.140. The number of ether oxygens (including phenoxy) is 1. The number of hydrogen-bond donors (Lipinski definition) is 1. The molecule has 1 N–H and O–H groups in total. The highest BCUT2D eigenvalue weighted by molar-refractivity contribution is 5.69. The van der Waals surface area contributed by atoms with Gasteiger partial charge in [0.1, 0.15) is 5.75 Å². The van der Waals surface area contributed by atoms with Gasteiger partial charge in [0.15, 0.2) is 0 Å². The number of carbonyl (C=O) groups excluding carboxylic acids is 1. The number of aromatic hydroxyl groups is 1. The van der Waals surface area contributed by atoms with Crippen LogP contribution >= 0.6 is 0 Å². The zero-order chi connectivity index (χ0) is 16.2. The van der Waals surface area contributed by atoms with Crippen LogP contribution in [0.3, 0.4) is 0 Å². The summed E-state index contributed by atoms with van der Waals surface area (Å²) in [5.74, 6) is 0.0279. The first kappa shape index (κ1) is 16.1. The van der Waals surface area contributed by atoms with Gasteiger partial charge in [0, 0.05) is 11.8 Å². The molecule has 0 heterocycles. The molecule has 1 unspecified atom stereocenters. The number of phenols is 1. The molecule has 116 valence electrons. The van der Waals surface area contributed by atoms with Crippen molar-refractivity contribution in [1.82, 2.24) is 0 Å². The van der Waals surface area contributed by atoms with Crippen molar-refractivity contribution in [2.75, 3.05) is 7.11 Å². The minimum Gasteiger partial charge on any atom is -0.508 e. The molecule has 0 aliphatic carbocycles. The van der Waals surface area contributed by atoms with Crippen molar-refractivity contribution >= 4 is 5.97 Å². The molecule has 0 fully saturated rings. The van der Waals surface area contributed by atoms with Crippen LogP contribution in [0.1, 0.15) is 36.5 Å². The molecule has 0 radical (unpaired) electrons. The summed E-state index contributed by atoms with van der Waals surface area (Å²) in [6, 6.07) is 15.5. The molecule has 0 amide bonds. The molecule has 22 heavy (non-hydrogen) atoms. The van der Waals surface area contributed by atoms with Crippen LogP contribution in [0.25, 0.3) is 0 Å². The molecule has 3 heteroatoms. The van der Waals surface area contributed by atoms with E-state index >= 15 is 0 Å². The molecule has 0 aliphatic rings. The Balaban J connectivity index is 2.40. The number of hydrogen-bond acceptors (Lipinski definition) is 3. The van der Waals surface area contributed by atoms with Gasteiger partial charge in [-0.1, -0.05) is 48.9 Å². The Labute approximate surface area is 131 Å². The number of esters is 1. The van der Waals surface area contributed by atoms with Crippen molar-refractivity contribution < 1.29 is 14.6 Å². The Hall–Kier alpha value is -2.29. The van der Waals surface area contributed by atoms with Gasteiger partial charge < -0.3 is 9.84 Å². The Morgan fingerprint density at radius 1 is 1.05 bits per heavy atom. The number of methoxy groups -OCH3 is 1. The zero-order valence-electron chi connectivity index (χ0n) is 13.3. The maximum atomic E-state index is 11.6. The average Bonchev–Trinajstić information content (AvgIpc) is 2.53. The number of phenolic OH excluding ortho intramolecular Hbond substituents is 1. The number of rotatable bonds is 5. The van der Waals surface area contributed by atoms with Crippen molar-refractivity contribution in [3.05, 3.63) is 65.2 Å². The van der Waals surface area contributed by atoms with Crippen LogP contribution in [-0.4, -0.2) is 18.2 Å². The zero-order valence-corrected chi connectivity index (χ0v) is 13.3. The van der Waals surface area contributed by atoms with Crippen LogP contribution in [0.4, 0.5) is 0 Å². The fraction of sp³-hybridized carbons (Fsp3) is 0.316. The van der Waals surface area contributed by atoms with E-state index in [0.717, 1.165) is 11.1 Å². The van der Waals surface area contributed by atoms with Crippen LogP contribution in [0.2, 0.25) is 0 Å². The van der Waals surface area contributed by atoms with Gasteiger partial charge in [-0.2, -0.15) is 0 Å². The summed E-state index contributed by atoms with van der Waals surface area (Å²) in [4.78, 5) is 11.6. The van der Waals surface area contributed by atoms with Crippen LogP contribution in [0.5, 0.6) is 5.75 Å². The number of benzene rings is 2. The van der Waals surface area contributed by atoms with E-state index < -0.39 is 0 Å². The minimum atomic E-state index is -0.310. The first-order valence-corrected chi connectivity index (χ1v) is 7.39. The third kappa shape index (κ3) is 3.48. The Kier molecular flexibility index (Phi) is 4.86. The minimum absolute atomic E-state index is 0.211. The largest absolute Gasteiger partial charge is 0.508 e. The van der Waals surface area contributed by atoms with E-state index in [2.05, 4.69) is 38.1 Å². The van der Waals surface area contributed by atoms with Crippen molar-refractivity contribution in [3.8, 4) is 5.75 Å². The molecule has 0 saturated carbocycles. The van der Waals surface area contributed by atoms with Crippen LogP contribution in [0.15, 0.2) is 48.5 Å².